The zero-order valence-electron chi connectivity index (χ0n) is 20.9. The van der Waals surface area contributed by atoms with Crippen molar-refractivity contribution in [3.8, 4) is 28.5 Å². The summed E-state index contributed by atoms with van der Waals surface area (Å²) in [6, 6.07) is 12.8. The van der Waals surface area contributed by atoms with Crippen LogP contribution in [0.15, 0.2) is 47.8 Å². The Morgan fingerprint density at radius 1 is 0.914 bits per heavy atom. The van der Waals surface area contributed by atoms with Crippen molar-refractivity contribution in [1.29, 1.82) is 0 Å². The molecule has 0 saturated heterocycles. The second-order valence-electron chi connectivity index (χ2n) is 7.65. The molecule has 3 rings (SSSR count). The molecule has 3 aromatic rings. The van der Waals surface area contributed by atoms with Crippen molar-refractivity contribution in [3.05, 3.63) is 53.4 Å². The van der Waals surface area contributed by atoms with Crippen LogP contribution >= 0.6 is 23.7 Å². The van der Waals surface area contributed by atoms with E-state index in [-0.39, 0.29) is 18.3 Å². The Hall–Kier alpha value is -2.81. The van der Waals surface area contributed by atoms with Crippen molar-refractivity contribution in [2.45, 2.75) is 20.3 Å². The molecule has 1 heterocycles. The molecule has 0 aliphatic carbocycles. The lowest BCUT2D eigenvalue weighted by Gasteiger charge is -2.23. The number of aromatic nitrogens is 1. The van der Waals surface area contributed by atoms with Crippen LogP contribution in [0.1, 0.15) is 30.6 Å². The number of methoxy groups -OCH3 is 3. The molecule has 0 aliphatic rings. The van der Waals surface area contributed by atoms with Gasteiger partial charge >= 0.3 is 0 Å². The smallest absolute Gasteiger partial charge is 0.260 e. The number of nitrogens with zero attached hydrogens (tertiary/aromatic N) is 3. The number of hydrogen-bond acceptors (Lipinski definition) is 7. The number of thiazole rings is 1. The Morgan fingerprint density at radius 3 is 2.17 bits per heavy atom. The number of carbonyl (C=O) groups excluding carboxylic acids is 1. The Morgan fingerprint density at radius 2 is 1.57 bits per heavy atom. The largest absolute Gasteiger partial charge is 0.497 e. The molecular weight excluding hydrogens is 486 g/mol. The molecule has 0 atom stereocenters. The van der Waals surface area contributed by atoms with Crippen LogP contribution in [0.4, 0.5) is 5.13 Å². The zero-order chi connectivity index (χ0) is 24.5. The highest BCUT2D eigenvalue weighted by atomic mass is 35.5. The van der Waals surface area contributed by atoms with Crippen LogP contribution in [0.2, 0.25) is 0 Å². The van der Waals surface area contributed by atoms with E-state index in [1.54, 1.807) is 50.5 Å². The third kappa shape index (κ3) is 7.10. The molecule has 35 heavy (non-hydrogen) atoms. The van der Waals surface area contributed by atoms with E-state index in [0.29, 0.717) is 28.7 Å². The van der Waals surface area contributed by atoms with Crippen LogP contribution in [0.5, 0.6) is 17.2 Å². The van der Waals surface area contributed by atoms with Crippen molar-refractivity contribution in [3.63, 3.8) is 0 Å². The second-order valence-corrected chi connectivity index (χ2v) is 8.48. The lowest BCUT2D eigenvalue weighted by Crippen LogP contribution is -2.34. The molecule has 0 saturated carbocycles. The number of benzene rings is 2. The fraction of sp³-hybridized carbons (Fsp3) is 0.385. The van der Waals surface area contributed by atoms with Crippen molar-refractivity contribution in [1.82, 2.24) is 9.88 Å². The van der Waals surface area contributed by atoms with Gasteiger partial charge in [-0.25, -0.2) is 4.98 Å². The van der Waals surface area contributed by atoms with Gasteiger partial charge in [-0.2, -0.15) is 0 Å². The van der Waals surface area contributed by atoms with Gasteiger partial charge in [0.15, 0.2) is 5.13 Å². The molecule has 190 valence electrons. The molecule has 0 radical (unpaired) electrons. The predicted octanol–water partition coefficient (Wildman–Crippen LogP) is 5.64. The van der Waals surface area contributed by atoms with Gasteiger partial charge in [0.25, 0.3) is 5.91 Å². The first-order valence-corrected chi connectivity index (χ1v) is 12.3. The maximum Gasteiger partial charge on any atom is 0.260 e. The Bertz CT molecular complexity index is 1070. The Kier molecular flexibility index (Phi) is 11.3. The first-order chi connectivity index (χ1) is 16.5. The second kappa shape index (κ2) is 13.9. The SMILES string of the molecule is CCN(CC)CCCN(C(=O)c1ccc(OC)cc1)c1nc(-c2cc(OC)ccc2OC)cs1.Cl. The summed E-state index contributed by atoms with van der Waals surface area (Å²) in [5, 5.41) is 2.60. The van der Waals surface area contributed by atoms with Gasteiger partial charge < -0.3 is 19.1 Å². The third-order valence-corrected chi connectivity index (χ3v) is 6.60. The van der Waals surface area contributed by atoms with Crippen LogP contribution in [0.3, 0.4) is 0 Å². The molecule has 1 aromatic heterocycles. The van der Waals surface area contributed by atoms with Gasteiger partial charge in [0.1, 0.15) is 17.2 Å². The Labute approximate surface area is 218 Å². The van der Waals surface area contributed by atoms with Crippen molar-refractivity contribution >= 4 is 34.8 Å². The van der Waals surface area contributed by atoms with E-state index >= 15 is 0 Å². The van der Waals surface area contributed by atoms with Crippen LogP contribution in [0.25, 0.3) is 11.3 Å². The van der Waals surface area contributed by atoms with E-state index in [0.717, 1.165) is 43.1 Å². The normalized spacial score (nSPS) is 10.6. The molecule has 9 heteroatoms. The summed E-state index contributed by atoms with van der Waals surface area (Å²) in [6.45, 7) is 7.77. The monoisotopic (exact) mass is 519 g/mol. The summed E-state index contributed by atoms with van der Waals surface area (Å²) < 4.78 is 16.2. The number of amides is 1. The summed E-state index contributed by atoms with van der Waals surface area (Å²) in [7, 11) is 4.87. The van der Waals surface area contributed by atoms with Gasteiger partial charge in [0.2, 0.25) is 0 Å². The fourth-order valence-electron chi connectivity index (χ4n) is 3.69. The highest BCUT2D eigenvalue weighted by Gasteiger charge is 2.22. The van der Waals surface area contributed by atoms with Crippen LogP contribution in [0, 0.1) is 0 Å². The van der Waals surface area contributed by atoms with E-state index in [4.69, 9.17) is 19.2 Å². The minimum Gasteiger partial charge on any atom is -0.497 e. The van der Waals surface area contributed by atoms with E-state index < -0.39 is 0 Å². The van der Waals surface area contributed by atoms with Gasteiger partial charge in [-0.05, 0) is 68.5 Å². The van der Waals surface area contributed by atoms with Crippen molar-refractivity contribution in [2.24, 2.45) is 0 Å². The third-order valence-electron chi connectivity index (χ3n) is 5.74. The summed E-state index contributed by atoms with van der Waals surface area (Å²) in [6.07, 6.45) is 0.848. The van der Waals surface area contributed by atoms with E-state index in [1.807, 2.05) is 23.6 Å². The molecule has 0 unspecified atom stereocenters. The number of ether oxygens (including phenoxy) is 3. The quantitative estimate of drug-likeness (QED) is 0.309. The lowest BCUT2D eigenvalue weighted by atomic mass is 10.1. The van der Waals surface area contributed by atoms with E-state index in [2.05, 4.69) is 18.7 Å². The first kappa shape index (κ1) is 28.4. The summed E-state index contributed by atoms with van der Waals surface area (Å²) in [5.74, 6) is 2.05. The lowest BCUT2D eigenvalue weighted by molar-refractivity contribution is 0.0985. The standard InChI is InChI=1S/C26H33N3O4S.ClH/c1-6-28(7-2)15-8-16-29(25(30)19-9-11-20(31-3)12-10-19)26-27-23(18-34-26)22-17-21(32-4)13-14-24(22)33-5;/h9-14,17-18H,6-8,15-16H2,1-5H3;1H. The van der Waals surface area contributed by atoms with E-state index in [1.165, 1.54) is 11.3 Å². The minimum absolute atomic E-state index is 0. The number of halogens is 1. The van der Waals surface area contributed by atoms with Crippen molar-refractivity contribution < 1.29 is 19.0 Å². The van der Waals surface area contributed by atoms with Gasteiger partial charge in [-0.15, -0.1) is 23.7 Å². The molecule has 7 nitrogen and oxygen atoms in total. The minimum atomic E-state index is -0.0827. The number of anilines is 1. The molecule has 0 bridgehead atoms. The average molecular weight is 520 g/mol. The van der Waals surface area contributed by atoms with Gasteiger partial charge in [-0.1, -0.05) is 13.8 Å². The Balaban J connectivity index is 0.00000432. The molecular formula is C26H34ClN3O4S. The molecule has 1 amide bonds. The van der Waals surface area contributed by atoms with Crippen LogP contribution < -0.4 is 19.1 Å². The van der Waals surface area contributed by atoms with Gasteiger partial charge in [0.05, 0.1) is 27.0 Å². The highest BCUT2D eigenvalue weighted by molar-refractivity contribution is 7.14. The summed E-state index contributed by atoms with van der Waals surface area (Å²) in [4.78, 5) is 22.5. The van der Waals surface area contributed by atoms with Crippen LogP contribution in [-0.4, -0.2) is 63.3 Å². The molecule has 0 spiro atoms. The highest BCUT2D eigenvalue weighted by Crippen LogP contribution is 2.36. The summed E-state index contributed by atoms with van der Waals surface area (Å²) in [5.41, 5.74) is 2.16. The predicted molar refractivity (Wildman–Crippen MR) is 145 cm³/mol. The summed E-state index contributed by atoms with van der Waals surface area (Å²) >= 11 is 1.45. The number of carbonyl (C=O) groups is 1. The first-order valence-electron chi connectivity index (χ1n) is 11.4. The molecule has 2 aromatic carbocycles. The van der Waals surface area contributed by atoms with Crippen LogP contribution in [-0.2, 0) is 0 Å². The van der Waals surface area contributed by atoms with Gasteiger partial charge in [0, 0.05) is 23.1 Å². The topological polar surface area (TPSA) is 64.1 Å². The fourth-order valence-corrected chi connectivity index (χ4v) is 4.54. The molecule has 0 N–H and O–H groups in total. The molecule has 0 aliphatic heterocycles. The number of hydrogen-bond donors (Lipinski definition) is 0. The molecule has 0 fully saturated rings. The zero-order valence-corrected chi connectivity index (χ0v) is 22.6. The van der Waals surface area contributed by atoms with Gasteiger partial charge in [-0.3, -0.25) is 9.69 Å². The van der Waals surface area contributed by atoms with E-state index in [9.17, 15) is 4.79 Å². The average Bonchev–Trinajstić information content (AvgIpc) is 3.38. The number of rotatable bonds is 12. The maximum atomic E-state index is 13.5. The van der Waals surface area contributed by atoms with Crippen molar-refractivity contribution in [2.75, 3.05) is 52.4 Å². The maximum absolute atomic E-state index is 13.5.